The first-order valence-corrected chi connectivity index (χ1v) is 12.8. The van der Waals surface area contributed by atoms with Gasteiger partial charge in [0.15, 0.2) is 5.69 Å². The van der Waals surface area contributed by atoms with Crippen molar-refractivity contribution in [3.05, 3.63) is 80.9 Å². The van der Waals surface area contributed by atoms with Gasteiger partial charge in [0.25, 0.3) is 5.56 Å². The lowest BCUT2D eigenvalue weighted by molar-refractivity contribution is 0.0691. The summed E-state index contributed by atoms with van der Waals surface area (Å²) in [5.41, 5.74) is 2.81. The molecule has 0 aliphatic carbocycles. The van der Waals surface area contributed by atoms with Crippen LogP contribution in [0.25, 0.3) is 10.9 Å². The largest absolute Gasteiger partial charge is 0.476 e. The lowest BCUT2D eigenvalue weighted by atomic mass is 10.0. The van der Waals surface area contributed by atoms with Gasteiger partial charge < -0.3 is 20.2 Å². The third-order valence-electron chi connectivity index (χ3n) is 6.85. The number of carboxylic acids is 1. The molecule has 0 radical (unpaired) electrons. The molecule has 5 rings (SSSR count). The maximum atomic E-state index is 13.7. The summed E-state index contributed by atoms with van der Waals surface area (Å²) in [6.07, 6.45) is 2.81. The second kappa shape index (κ2) is 10.5. The molecule has 1 aromatic carbocycles. The summed E-state index contributed by atoms with van der Waals surface area (Å²) >= 11 is 5.91. The van der Waals surface area contributed by atoms with Gasteiger partial charge in [0, 0.05) is 44.9 Å². The van der Waals surface area contributed by atoms with Crippen molar-refractivity contribution in [3.8, 4) is 0 Å². The fourth-order valence-corrected chi connectivity index (χ4v) is 5.07. The highest BCUT2D eigenvalue weighted by atomic mass is 35.5. The first-order chi connectivity index (χ1) is 18.6. The van der Waals surface area contributed by atoms with Crippen LogP contribution in [0.1, 0.15) is 34.6 Å². The Labute approximate surface area is 228 Å². The molecule has 10 nitrogen and oxygen atoms in total. The summed E-state index contributed by atoms with van der Waals surface area (Å²) in [6.45, 7) is 6.15. The number of aryl methyl sites for hydroxylation is 1. The van der Waals surface area contributed by atoms with Crippen LogP contribution >= 0.6 is 11.6 Å². The number of halogens is 2. The number of aromatic nitrogens is 4. The molecule has 2 N–H and O–H groups in total. The number of benzene rings is 1. The van der Waals surface area contributed by atoms with Crippen LogP contribution in [0.15, 0.2) is 47.5 Å². The van der Waals surface area contributed by atoms with Crippen molar-refractivity contribution in [3.63, 3.8) is 0 Å². The number of carbonyl (C=O) groups is 1. The van der Waals surface area contributed by atoms with Gasteiger partial charge >= 0.3 is 5.97 Å². The molecule has 4 heterocycles. The molecule has 0 amide bonds. The standard InChI is InChI=1S/C27H27ClFN7O3/c1-15-10-19(16(2)31-21-4-5-22(28)32-24(21)26(38)39)23-20(11-15)25(37)34(3)27(33-23)36-8-6-35(7-9-36)18-12-17(29)13-30-14-18/h4-5,10-14,16,31H,6-9H2,1-3H3,(H,38,39)/t16-/m1/s1. The zero-order valence-electron chi connectivity index (χ0n) is 21.7. The number of hydrogen-bond donors (Lipinski definition) is 2. The highest BCUT2D eigenvalue weighted by Gasteiger charge is 2.24. The number of nitrogens with one attached hydrogen (secondary N) is 1. The molecule has 1 aliphatic heterocycles. The van der Waals surface area contributed by atoms with E-state index in [9.17, 15) is 19.1 Å². The lowest BCUT2D eigenvalue weighted by Crippen LogP contribution is -2.48. The Bertz CT molecular complexity index is 1640. The topological polar surface area (TPSA) is 116 Å². The maximum absolute atomic E-state index is 13.7. The summed E-state index contributed by atoms with van der Waals surface area (Å²) in [6, 6.07) is 7.89. The van der Waals surface area contributed by atoms with Crippen molar-refractivity contribution >= 4 is 45.8 Å². The fraction of sp³-hybridized carbons (Fsp3) is 0.296. The van der Waals surface area contributed by atoms with Crippen molar-refractivity contribution in [2.24, 2.45) is 7.05 Å². The monoisotopic (exact) mass is 551 g/mol. The number of rotatable bonds is 6. The minimum absolute atomic E-state index is 0.0789. The van der Waals surface area contributed by atoms with Crippen LogP contribution in [0.4, 0.5) is 21.7 Å². The summed E-state index contributed by atoms with van der Waals surface area (Å²) in [5.74, 6) is -1.06. The van der Waals surface area contributed by atoms with E-state index in [1.54, 1.807) is 23.9 Å². The van der Waals surface area contributed by atoms with E-state index >= 15 is 0 Å². The SMILES string of the molecule is Cc1cc([C@@H](C)Nc2ccc(Cl)nc2C(=O)O)c2nc(N3CCN(c4cncc(F)c4)CC3)n(C)c(=O)c2c1. The second-order valence-electron chi connectivity index (χ2n) is 9.56. The molecule has 202 valence electrons. The van der Waals surface area contributed by atoms with Gasteiger partial charge in [0.1, 0.15) is 11.0 Å². The van der Waals surface area contributed by atoms with Crippen LogP contribution in [0.2, 0.25) is 5.15 Å². The van der Waals surface area contributed by atoms with E-state index in [4.69, 9.17) is 16.6 Å². The number of aromatic carboxylic acids is 1. The highest BCUT2D eigenvalue weighted by molar-refractivity contribution is 6.29. The van der Waals surface area contributed by atoms with Crippen LogP contribution in [-0.4, -0.2) is 56.8 Å². The lowest BCUT2D eigenvalue weighted by Gasteiger charge is -2.37. The van der Waals surface area contributed by atoms with E-state index < -0.39 is 12.0 Å². The minimum Gasteiger partial charge on any atom is -0.476 e. The van der Waals surface area contributed by atoms with Crippen molar-refractivity contribution in [2.75, 3.05) is 41.3 Å². The summed E-state index contributed by atoms with van der Waals surface area (Å²) in [4.78, 5) is 42.1. The third kappa shape index (κ3) is 5.22. The Morgan fingerprint density at radius 3 is 2.51 bits per heavy atom. The minimum atomic E-state index is -1.20. The molecule has 0 bridgehead atoms. The van der Waals surface area contributed by atoms with Crippen molar-refractivity contribution in [1.29, 1.82) is 0 Å². The van der Waals surface area contributed by atoms with E-state index in [1.165, 1.54) is 18.3 Å². The molecule has 1 atom stereocenters. The van der Waals surface area contributed by atoms with Gasteiger partial charge in [-0.25, -0.2) is 19.2 Å². The summed E-state index contributed by atoms with van der Waals surface area (Å²) in [7, 11) is 1.70. The molecule has 12 heteroatoms. The number of piperazine rings is 1. The molecule has 1 fully saturated rings. The Hall–Kier alpha value is -4.25. The first-order valence-electron chi connectivity index (χ1n) is 12.4. The van der Waals surface area contributed by atoms with Gasteiger partial charge in [0.2, 0.25) is 5.95 Å². The van der Waals surface area contributed by atoms with Gasteiger partial charge in [-0.2, -0.15) is 0 Å². The number of anilines is 3. The quantitative estimate of drug-likeness (QED) is 0.343. The number of carboxylic acid groups (broad SMARTS) is 1. The summed E-state index contributed by atoms with van der Waals surface area (Å²) in [5, 5.41) is 13.4. The number of fused-ring (bicyclic) bond motifs is 1. The molecule has 1 saturated heterocycles. The average Bonchev–Trinajstić information content (AvgIpc) is 2.91. The molecular formula is C27H27ClFN7O3. The van der Waals surface area contributed by atoms with Crippen LogP contribution in [-0.2, 0) is 7.05 Å². The molecule has 39 heavy (non-hydrogen) atoms. The molecule has 0 unspecified atom stereocenters. The van der Waals surface area contributed by atoms with Gasteiger partial charge in [-0.1, -0.05) is 17.7 Å². The van der Waals surface area contributed by atoms with E-state index in [1.807, 2.05) is 35.8 Å². The van der Waals surface area contributed by atoms with Crippen molar-refractivity contribution < 1.29 is 14.3 Å². The Kier molecular flexibility index (Phi) is 7.09. The van der Waals surface area contributed by atoms with E-state index in [0.29, 0.717) is 54.4 Å². The average molecular weight is 552 g/mol. The predicted molar refractivity (Wildman–Crippen MR) is 149 cm³/mol. The third-order valence-corrected chi connectivity index (χ3v) is 7.06. The normalized spacial score (nSPS) is 14.5. The molecule has 3 aromatic heterocycles. The van der Waals surface area contributed by atoms with E-state index in [2.05, 4.69) is 15.3 Å². The molecule has 0 spiro atoms. The predicted octanol–water partition coefficient (Wildman–Crippen LogP) is 4.02. The van der Waals surface area contributed by atoms with E-state index in [-0.39, 0.29) is 22.2 Å². The smallest absolute Gasteiger partial charge is 0.356 e. The van der Waals surface area contributed by atoms with Gasteiger partial charge in [-0.15, -0.1) is 0 Å². The van der Waals surface area contributed by atoms with Crippen molar-refractivity contribution in [2.45, 2.75) is 19.9 Å². The number of hydrogen-bond acceptors (Lipinski definition) is 8. The first kappa shape index (κ1) is 26.4. The van der Waals surface area contributed by atoms with Crippen molar-refractivity contribution in [1.82, 2.24) is 19.5 Å². The van der Waals surface area contributed by atoms with Crippen LogP contribution in [0.3, 0.4) is 0 Å². The molecule has 1 aliphatic rings. The number of nitrogens with zero attached hydrogens (tertiary/aromatic N) is 6. The Morgan fingerprint density at radius 2 is 1.82 bits per heavy atom. The summed E-state index contributed by atoms with van der Waals surface area (Å²) < 4.78 is 15.2. The maximum Gasteiger partial charge on any atom is 0.356 e. The van der Waals surface area contributed by atoms with Crippen LogP contribution in [0, 0.1) is 12.7 Å². The van der Waals surface area contributed by atoms with Gasteiger partial charge in [-0.3, -0.25) is 14.3 Å². The second-order valence-corrected chi connectivity index (χ2v) is 9.95. The van der Waals surface area contributed by atoms with Gasteiger partial charge in [0.05, 0.1) is 40.7 Å². The number of pyridine rings is 2. The van der Waals surface area contributed by atoms with Crippen LogP contribution < -0.4 is 20.7 Å². The Morgan fingerprint density at radius 1 is 1.10 bits per heavy atom. The highest BCUT2D eigenvalue weighted by Crippen LogP contribution is 2.29. The van der Waals surface area contributed by atoms with Gasteiger partial charge in [-0.05, 0) is 37.6 Å². The zero-order chi connectivity index (χ0) is 27.8. The fourth-order valence-electron chi connectivity index (χ4n) is 4.92. The van der Waals surface area contributed by atoms with Crippen LogP contribution in [0.5, 0.6) is 0 Å². The molecular weight excluding hydrogens is 525 g/mol. The van der Waals surface area contributed by atoms with E-state index in [0.717, 1.165) is 11.1 Å². The Balaban J connectivity index is 1.49. The zero-order valence-corrected chi connectivity index (χ0v) is 22.4. The molecule has 4 aromatic rings. The molecule has 0 saturated carbocycles.